The minimum Gasteiger partial charge on any atom is -0.454 e. The smallest absolute Gasteiger partial charge is 0.326 e. The Kier molecular flexibility index (Phi) is 6.13. The minimum absolute atomic E-state index is 0.409. The summed E-state index contributed by atoms with van der Waals surface area (Å²) in [7, 11) is 0. The fourth-order valence-corrected chi connectivity index (χ4v) is 2.69. The van der Waals surface area contributed by atoms with Crippen LogP contribution in [0.15, 0.2) is 24.3 Å². The third kappa shape index (κ3) is 4.41. The molecule has 2 N–H and O–H groups in total. The average Bonchev–Trinajstić information content (AvgIpc) is 2.91. The van der Waals surface area contributed by atoms with Crippen LogP contribution in [0.3, 0.4) is 0 Å². The molecular weight excluding hydrogens is 352 g/mol. The quantitative estimate of drug-likeness (QED) is 0.546. The molecule has 0 aromatic heterocycles. The number of nitrogens with one attached hydrogen (secondary N) is 2. The van der Waals surface area contributed by atoms with Crippen LogP contribution in [0.25, 0.3) is 0 Å². The van der Waals surface area contributed by atoms with Gasteiger partial charge in [-0.3, -0.25) is 19.3 Å². The van der Waals surface area contributed by atoms with Crippen LogP contribution >= 0.6 is 0 Å². The van der Waals surface area contributed by atoms with E-state index in [1.165, 1.54) is 12.1 Å². The Balaban J connectivity index is 1.85. The molecule has 0 aliphatic carbocycles. The first-order valence-electron chi connectivity index (χ1n) is 8.45. The number of rotatable bonds is 7. The molecule has 1 aliphatic heterocycles. The molecule has 0 radical (unpaired) electrons. The number of carbonyl (C=O) groups is 4. The van der Waals surface area contributed by atoms with E-state index in [1.807, 2.05) is 6.07 Å². The molecule has 142 valence electrons. The topological polar surface area (TPSA) is 129 Å². The van der Waals surface area contributed by atoms with Crippen LogP contribution in [0.1, 0.15) is 32.3 Å². The molecule has 2 rings (SSSR count). The molecule has 0 spiro atoms. The number of benzene rings is 1. The molecule has 1 aromatic rings. The van der Waals surface area contributed by atoms with Crippen molar-refractivity contribution in [3.8, 4) is 6.07 Å². The van der Waals surface area contributed by atoms with E-state index in [9.17, 15) is 19.2 Å². The summed E-state index contributed by atoms with van der Waals surface area (Å²) in [6.45, 7) is 2.43. The number of esters is 1. The average molecular weight is 372 g/mol. The summed E-state index contributed by atoms with van der Waals surface area (Å²) in [6, 6.07) is 7.46. The second kappa shape index (κ2) is 8.31. The number of urea groups is 1. The molecule has 4 amide bonds. The van der Waals surface area contributed by atoms with Gasteiger partial charge in [0.15, 0.2) is 6.61 Å². The number of hydrogen-bond acceptors (Lipinski definition) is 6. The van der Waals surface area contributed by atoms with E-state index in [2.05, 4.69) is 10.6 Å². The van der Waals surface area contributed by atoms with Gasteiger partial charge in [-0.1, -0.05) is 13.8 Å². The van der Waals surface area contributed by atoms with Crippen molar-refractivity contribution in [1.29, 1.82) is 5.26 Å². The number of nitriles is 1. The number of carbonyl (C=O) groups excluding carboxylic acids is 4. The first kappa shape index (κ1) is 19.9. The molecule has 27 heavy (non-hydrogen) atoms. The summed E-state index contributed by atoms with van der Waals surface area (Å²) in [6.07, 6.45) is 0.819. The lowest BCUT2D eigenvalue weighted by Crippen LogP contribution is -2.46. The van der Waals surface area contributed by atoms with Crippen molar-refractivity contribution in [3.05, 3.63) is 29.8 Å². The predicted molar refractivity (Wildman–Crippen MR) is 94.3 cm³/mol. The molecule has 1 saturated heterocycles. The third-order valence-corrected chi connectivity index (χ3v) is 4.40. The standard InChI is InChI=1S/C18H20N4O5/c1-3-18(4-2)16(25)22(17(26)21-18)10-15(24)27-11-14(23)20-13-7-5-12(9-19)6-8-13/h5-8H,3-4,10-11H2,1-2H3,(H,20,23)(H,21,26). The second-order valence-corrected chi connectivity index (χ2v) is 6.01. The summed E-state index contributed by atoms with van der Waals surface area (Å²) in [5, 5.41) is 13.8. The van der Waals surface area contributed by atoms with Crippen LogP contribution in [0.2, 0.25) is 0 Å². The SMILES string of the molecule is CCC1(CC)NC(=O)N(CC(=O)OCC(=O)Nc2ccc(C#N)cc2)C1=O. The Morgan fingerprint density at radius 3 is 2.37 bits per heavy atom. The van der Waals surface area contributed by atoms with Crippen molar-refractivity contribution in [2.45, 2.75) is 32.2 Å². The molecule has 9 heteroatoms. The fraction of sp³-hybridized carbons (Fsp3) is 0.389. The summed E-state index contributed by atoms with van der Waals surface area (Å²) < 4.78 is 4.84. The molecule has 1 heterocycles. The van der Waals surface area contributed by atoms with E-state index in [-0.39, 0.29) is 0 Å². The van der Waals surface area contributed by atoms with Crippen LogP contribution in [-0.4, -0.2) is 47.4 Å². The third-order valence-electron chi connectivity index (χ3n) is 4.40. The van der Waals surface area contributed by atoms with Gasteiger partial charge in [0.1, 0.15) is 12.1 Å². The van der Waals surface area contributed by atoms with Crippen molar-refractivity contribution in [2.24, 2.45) is 0 Å². The Morgan fingerprint density at radius 2 is 1.85 bits per heavy atom. The van der Waals surface area contributed by atoms with E-state index < -0.39 is 42.5 Å². The van der Waals surface area contributed by atoms with Gasteiger partial charge < -0.3 is 15.4 Å². The lowest BCUT2D eigenvalue weighted by molar-refractivity contribution is -0.150. The zero-order valence-electron chi connectivity index (χ0n) is 15.1. The minimum atomic E-state index is -0.996. The van der Waals surface area contributed by atoms with Gasteiger partial charge in [-0.2, -0.15) is 5.26 Å². The van der Waals surface area contributed by atoms with Gasteiger partial charge in [0.05, 0.1) is 11.6 Å². The number of ether oxygens (including phenoxy) is 1. The molecule has 9 nitrogen and oxygen atoms in total. The molecule has 1 fully saturated rings. The maximum atomic E-state index is 12.4. The van der Waals surface area contributed by atoms with Crippen LogP contribution in [-0.2, 0) is 19.1 Å². The Morgan fingerprint density at radius 1 is 1.22 bits per heavy atom. The van der Waals surface area contributed by atoms with Gasteiger partial charge in [0.2, 0.25) is 0 Å². The van der Waals surface area contributed by atoms with Gasteiger partial charge in [-0.05, 0) is 37.1 Å². The van der Waals surface area contributed by atoms with E-state index in [1.54, 1.807) is 26.0 Å². The van der Waals surface area contributed by atoms with E-state index in [0.29, 0.717) is 24.1 Å². The van der Waals surface area contributed by atoms with Crippen molar-refractivity contribution < 1.29 is 23.9 Å². The molecular formula is C18H20N4O5. The largest absolute Gasteiger partial charge is 0.454 e. The maximum Gasteiger partial charge on any atom is 0.326 e. The van der Waals surface area contributed by atoms with Crippen molar-refractivity contribution in [2.75, 3.05) is 18.5 Å². The van der Waals surface area contributed by atoms with Gasteiger partial charge in [0, 0.05) is 5.69 Å². The monoisotopic (exact) mass is 372 g/mol. The summed E-state index contributed by atoms with van der Waals surface area (Å²) in [4.78, 5) is 48.9. The molecule has 1 aliphatic rings. The number of nitrogens with zero attached hydrogens (tertiary/aromatic N) is 2. The Hall–Kier alpha value is -3.41. The van der Waals surface area contributed by atoms with Crippen LogP contribution in [0.5, 0.6) is 0 Å². The summed E-state index contributed by atoms with van der Waals surface area (Å²) in [5.74, 6) is -1.92. The Labute approximate surface area is 156 Å². The number of amides is 4. The second-order valence-electron chi connectivity index (χ2n) is 6.01. The zero-order valence-corrected chi connectivity index (χ0v) is 15.1. The van der Waals surface area contributed by atoms with Gasteiger partial charge in [-0.15, -0.1) is 0 Å². The van der Waals surface area contributed by atoms with Gasteiger partial charge in [0.25, 0.3) is 11.8 Å². The number of imide groups is 1. The number of hydrogen-bond donors (Lipinski definition) is 2. The highest BCUT2D eigenvalue weighted by Crippen LogP contribution is 2.24. The molecule has 0 saturated carbocycles. The summed E-state index contributed by atoms with van der Waals surface area (Å²) in [5.41, 5.74) is -0.104. The lowest BCUT2D eigenvalue weighted by Gasteiger charge is -2.22. The van der Waals surface area contributed by atoms with Gasteiger partial charge in [-0.25, -0.2) is 4.79 Å². The van der Waals surface area contributed by atoms with Crippen LogP contribution in [0, 0.1) is 11.3 Å². The van der Waals surface area contributed by atoms with E-state index in [4.69, 9.17) is 10.00 Å². The van der Waals surface area contributed by atoms with Crippen molar-refractivity contribution in [3.63, 3.8) is 0 Å². The molecule has 1 aromatic carbocycles. The van der Waals surface area contributed by atoms with Crippen molar-refractivity contribution in [1.82, 2.24) is 10.2 Å². The lowest BCUT2D eigenvalue weighted by atomic mass is 9.93. The molecule has 0 atom stereocenters. The fourth-order valence-electron chi connectivity index (χ4n) is 2.69. The normalized spacial score (nSPS) is 15.1. The maximum absolute atomic E-state index is 12.4. The first-order chi connectivity index (χ1) is 12.8. The predicted octanol–water partition coefficient (Wildman–Crippen LogP) is 1.15. The zero-order chi connectivity index (χ0) is 20.0. The highest BCUT2D eigenvalue weighted by molar-refractivity contribution is 6.08. The molecule has 0 bridgehead atoms. The molecule has 0 unspecified atom stereocenters. The van der Waals surface area contributed by atoms with Gasteiger partial charge >= 0.3 is 12.0 Å². The highest BCUT2D eigenvalue weighted by Gasteiger charge is 2.49. The first-order valence-corrected chi connectivity index (χ1v) is 8.45. The van der Waals surface area contributed by atoms with Crippen LogP contribution in [0.4, 0.5) is 10.5 Å². The number of anilines is 1. The summed E-state index contributed by atoms with van der Waals surface area (Å²) >= 11 is 0. The van der Waals surface area contributed by atoms with E-state index in [0.717, 1.165) is 4.90 Å². The Bertz CT molecular complexity index is 793. The van der Waals surface area contributed by atoms with E-state index >= 15 is 0 Å². The van der Waals surface area contributed by atoms with Crippen LogP contribution < -0.4 is 10.6 Å². The highest BCUT2D eigenvalue weighted by atomic mass is 16.5. The van der Waals surface area contributed by atoms with Crippen molar-refractivity contribution >= 4 is 29.5 Å².